The fourth-order valence-corrected chi connectivity index (χ4v) is 3.69. The van der Waals surface area contributed by atoms with E-state index in [1.807, 2.05) is 67.3 Å². The highest BCUT2D eigenvalue weighted by Crippen LogP contribution is 2.20. The van der Waals surface area contributed by atoms with E-state index in [1.54, 1.807) is 4.57 Å². The molecule has 2 heterocycles. The molecule has 0 fully saturated rings. The van der Waals surface area contributed by atoms with Crippen molar-refractivity contribution in [1.82, 2.24) is 14.5 Å². The van der Waals surface area contributed by atoms with Gasteiger partial charge in [-0.15, -0.1) is 0 Å². The third-order valence-electron chi connectivity index (χ3n) is 5.40. The molecule has 1 aliphatic rings. The maximum absolute atomic E-state index is 13.0. The van der Waals surface area contributed by atoms with E-state index in [9.17, 15) is 9.59 Å². The lowest BCUT2D eigenvalue weighted by Crippen LogP contribution is -2.37. The van der Waals surface area contributed by atoms with Crippen LogP contribution in [0.1, 0.15) is 29.8 Å². The summed E-state index contributed by atoms with van der Waals surface area (Å²) in [6.07, 6.45) is 0.590. The van der Waals surface area contributed by atoms with Crippen LogP contribution in [-0.4, -0.2) is 33.4 Å². The van der Waals surface area contributed by atoms with Gasteiger partial charge in [-0.1, -0.05) is 42.0 Å². The summed E-state index contributed by atoms with van der Waals surface area (Å²) in [6, 6.07) is 15.5. The number of carbonyl (C=O) groups excluding carboxylic acids is 1. The van der Waals surface area contributed by atoms with Crippen LogP contribution in [0.15, 0.2) is 53.3 Å². The number of benzene rings is 2. The zero-order valence-corrected chi connectivity index (χ0v) is 15.7. The molecule has 0 N–H and O–H groups in total. The minimum absolute atomic E-state index is 0.0171. The molecule has 138 valence electrons. The molecule has 5 nitrogen and oxygen atoms in total. The predicted molar refractivity (Wildman–Crippen MR) is 106 cm³/mol. The zero-order chi connectivity index (χ0) is 19.0. The highest BCUT2D eigenvalue weighted by molar-refractivity contribution is 5.83. The van der Waals surface area contributed by atoms with Gasteiger partial charge in [0, 0.05) is 26.1 Å². The van der Waals surface area contributed by atoms with E-state index in [0.717, 1.165) is 16.9 Å². The number of para-hydroxylation sites is 1. The minimum Gasteiger partial charge on any atom is -0.340 e. The molecule has 0 saturated carbocycles. The van der Waals surface area contributed by atoms with Gasteiger partial charge in [-0.05, 0) is 31.5 Å². The Hall–Kier alpha value is -2.95. The van der Waals surface area contributed by atoms with Crippen LogP contribution in [0.5, 0.6) is 0 Å². The van der Waals surface area contributed by atoms with Crippen LogP contribution in [0.4, 0.5) is 0 Å². The number of aryl methyl sites for hydroxylation is 1. The SMILES string of the molecule is Cc1ccc([C@H](C)C(=O)N2CCc3nc4ccccc4c(=O)n3CC2)cc1. The average molecular weight is 361 g/mol. The van der Waals surface area contributed by atoms with Crippen molar-refractivity contribution in [2.24, 2.45) is 0 Å². The lowest BCUT2D eigenvalue weighted by atomic mass is 9.98. The molecule has 3 aromatic rings. The molecule has 0 bridgehead atoms. The third-order valence-corrected chi connectivity index (χ3v) is 5.40. The van der Waals surface area contributed by atoms with Crippen molar-refractivity contribution in [3.8, 4) is 0 Å². The molecule has 5 heteroatoms. The highest BCUT2D eigenvalue weighted by Gasteiger charge is 2.25. The first kappa shape index (κ1) is 17.5. The van der Waals surface area contributed by atoms with Gasteiger partial charge in [-0.25, -0.2) is 4.98 Å². The van der Waals surface area contributed by atoms with Crippen molar-refractivity contribution in [3.63, 3.8) is 0 Å². The van der Waals surface area contributed by atoms with Crippen molar-refractivity contribution in [2.75, 3.05) is 13.1 Å². The van der Waals surface area contributed by atoms with E-state index in [-0.39, 0.29) is 17.4 Å². The largest absolute Gasteiger partial charge is 0.340 e. The van der Waals surface area contributed by atoms with E-state index in [0.29, 0.717) is 31.4 Å². The van der Waals surface area contributed by atoms with Crippen LogP contribution in [0, 0.1) is 6.92 Å². The molecule has 27 heavy (non-hydrogen) atoms. The molecule has 2 aromatic carbocycles. The molecule has 0 radical (unpaired) electrons. The topological polar surface area (TPSA) is 55.2 Å². The lowest BCUT2D eigenvalue weighted by Gasteiger charge is -2.24. The van der Waals surface area contributed by atoms with Crippen LogP contribution in [0.25, 0.3) is 10.9 Å². The van der Waals surface area contributed by atoms with Crippen LogP contribution in [0.2, 0.25) is 0 Å². The second-order valence-corrected chi connectivity index (χ2v) is 7.21. The molecule has 4 rings (SSSR count). The Bertz CT molecular complexity index is 1050. The van der Waals surface area contributed by atoms with Gasteiger partial charge in [0.1, 0.15) is 5.82 Å². The summed E-state index contributed by atoms with van der Waals surface area (Å²) in [5.74, 6) is 0.664. The highest BCUT2D eigenvalue weighted by atomic mass is 16.2. The van der Waals surface area contributed by atoms with E-state index in [1.165, 1.54) is 5.56 Å². The monoisotopic (exact) mass is 361 g/mol. The van der Waals surface area contributed by atoms with Crippen LogP contribution >= 0.6 is 0 Å². The molecule has 0 unspecified atom stereocenters. The summed E-state index contributed by atoms with van der Waals surface area (Å²) in [7, 11) is 0. The minimum atomic E-state index is -0.199. The summed E-state index contributed by atoms with van der Waals surface area (Å²) in [5, 5.41) is 0.633. The van der Waals surface area contributed by atoms with E-state index >= 15 is 0 Å². The number of nitrogens with zero attached hydrogens (tertiary/aromatic N) is 3. The molecular formula is C22H23N3O2. The Morgan fingerprint density at radius 1 is 1.04 bits per heavy atom. The summed E-state index contributed by atoms with van der Waals surface area (Å²) in [4.78, 5) is 32.4. The average Bonchev–Trinajstić information content (AvgIpc) is 2.90. The second-order valence-electron chi connectivity index (χ2n) is 7.21. The lowest BCUT2D eigenvalue weighted by molar-refractivity contribution is -0.132. The normalized spacial score (nSPS) is 15.3. The van der Waals surface area contributed by atoms with Crippen molar-refractivity contribution >= 4 is 16.8 Å². The fourth-order valence-electron chi connectivity index (χ4n) is 3.69. The van der Waals surface area contributed by atoms with Crippen LogP contribution in [-0.2, 0) is 17.8 Å². The third kappa shape index (κ3) is 3.25. The summed E-state index contributed by atoms with van der Waals surface area (Å²) in [6.45, 7) is 5.58. The smallest absolute Gasteiger partial charge is 0.261 e. The maximum atomic E-state index is 13.0. The Morgan fingerprint density at radius 3 is 2.56 bits per heavy atom. The number of fused-ring (bicyclic) bond motifs is 2. The van der Waals surface area contributed by atoms with Crippen molar-refractivity contribution in [3.05, 3.63) is 75.8 Å². The molecular weight excluding hydrogens is 338 g/mol. The Morgan fingerprint density at radius 2 is 1.78 bits per heavy atom. The number of hydrogen-bond donors (Lipinski definition) is 0. The Balaban J connectivity index is 1.58. The number of aromatic nitrogens is 2. The molecule has 1 amide bonds. The van der Waals surface area contributed by atoms with Gasteiger partial charge < -0.3 is 4.90 Å². The van der Waals surface area contributed by atoms with E-state index in [2.05, 4.69) is 4.98 Å². The number of rotatable bonds is 2. The number of amides is 1. The summed E-state index contributed by atoms with van der Waals surface area (Å²) in [5.41, 5.74) is 2.91. The van der Waals surface area contributed by atoms with Crippen LogP contribution < -0.4 is 5.56 Å². The molecule has 0 aliphatic carbocycles. The first-order valence-corrected chi connectivity index (χ1v) is 9.38. The van der Waals surface area contributed by atoms with Gasteiger partial charge in [0.25, 0.3) is 5.56 Å². The predicted octanol–water partition coefficient (Wildman–Crippen LogP) is 2.89. The first-order chi connectivity index (χ1) is 13.0. The standard InChI is InChI=1S/C22H23N3O2/c1-15-7-9-17(10-8-15)16(2)21(26)24-12-11-20-23-19-6-4-3-5-18(19)22(27)25(20)14-13-24/h3-10,16H,11-14H2,1-2H3/t16-/m0/s1. The fraction of sp³-hybridized carbons (Fsp3) is 0.318. The summed E-state index contributed by atoms with van der Waals surface area (Å²) < 4.78 is 1.73. The van der Waals surface area contributed by atoms with Gasteiger partial charge in [0.05, 0.1) is 16.8 Å². The van der Waals surface area contributed by atoms with E-state index in [4.69, 9.17) is 0 Å². The van der Waals surface area contributed by atoms with Gasteiger partial charge in [0.2, 0.25) is 5.91 Å². The maximum Gasteiger partial charge on any atom is 0.261 e. The van der Waals surface area contributed by atoms with Gasteiger partial charge >= 0.3 is 0 Å². The summed E-state index contributed by atoms with van der Waals surface area (Å²) >= 11 is 0. The molecule has 1 aliphatic heterocycles. The van der Waals surface area contributed by atoms with Gasteiger partial charge in [-0.3, -0.25) is 14.2 Å². The second kappa shape index (κ2) is 6.99. The molecule has 0 saturated heterocycles. The molecule has 1 aromatic heterocycles. The van der Waals surface area contributed by atoms with Crippen molar-refractivity contribution in [2.45, 2.75) is 32.7 Å². The van der Waals surface area contributed by atoms with Gasteiger partial charge in [-0.2, -0.15) is 0 Å². The van der Waals surface area contributed by atoms with E-state index < -0.39 is 0 Å². The quantitative estimate of drug-likeness (QED) is 0.705. The van der Waals surface area contributed by atoms with Crippen LogP contribution in [0.3, 0.4) is 0 Å². The van der Waals surface area contributed by atoms with Crippen molar-refractivity contribution in [1.29, 1.82) is 0 Å². The number of hydrogen-bond acceptors (Lipinski definition) is 3. The first-order valence-electron chi connectivity index (χ1n) is 9.38. The van der Waals surface area contributed by atoms with Gasteiger partial charge in [0.15, 0.2) is 0 Å². The molecule has 1 atom stereocenters. The number of carbonyl (C=O) groups is 1. The Labute approximate surface area is 158 Å². The zero-order valence-electron chi connectivity index (χ0n) is 15.7. The Kier molecular flexibility index (Phi) is 4.52. The van der Waals surface area contributed by atoms with Crippen molar-refractivity contribution < 1.29 is 4.79 Å². The molecule has 0 spiro atoms.